The lowest BCUT2D eigenvalue weighted by atomic mass is 9.90. The Morgan fingerprint density at radius 1 is 1.31 bits per heavy atom. The van der Waals surface area contributed by atoms with Crippen LogP contribution in [0.5, 0.6) is 5.75 Å². The number of hydrogen-bond acceptors (Lipinski definition) is 3. The Morgan fingerprint density at radius 3 is 2.94 bits per heavy atom. The molecule has 16 heavy (non-hydrogen) atoms. The first-order chi connectivity index (χ1) is 7.83. The number of hydrogen-bond donors (Lipinski definition) is 1. The third-order valence-corrected chi connectivity index (χ3v) is 3.46. The highest BCUT2D eigenvalue weighted by atomic mass is 16.5. The molecule has 86 valence electrons. The fraction of sp³-hybridized carbons (Fsp3) is 0.538. The minimum Gasteiger partial charge on any atom is -0.493 e. The Labute approximate surface area is 95.5 Å². The van der Waals surface area contributed by atoms with Gasteiger partial charge >= 0.3 is 0 Å². The van der Waals surface area contributed by atoms with Crippen molar-refractivity contribution in [2.45, 2.75) is 30.9 Å². The van der Waals surface area contributed by atoms with Crippen LogP contribution < -0.4 is 10.5 Å². The summed E-state index contributed by atoms with van der Waals surface area (Å²) in [7, 11) is 0. The topological polar surface area (TPSA) is 44.5 Å². The summed E-state index contributed by atoms with van der Waals surface area (Å²) in [6.07, 6.45) is 2.40. The standard InChI is InChI=1S/C13H17NO2/c14-10-5-11(6-10)15-7-9-8-16-13-4-2-1-3-12(9)13/h1-4,9-11H,5-8,14H2. The molecule has 0 radical (unpaired) electrons. The zero-order valence-corrected chi connectivity index (χ0v) is 9.26. The minimum atomic E-state index is 0.358. The van der Waals surface area contributed by atoms with E-state index in [0.717, 1.165) is 31.8 Å². The second kappa shape index (κ2) is 4.07. The molecule has 0 saturated heterocycles. The molecule has 1 aromatic carbocycles. The van der Waals surface area contributed by atoms with Gasteiger partial charge in [0, 0.05) is 17.5 Å². The molecule has 2 aliphatic rings. The molecule has 3 heteroatoms. The Balaban J connectivity index is 1.57. The monoisotopic (exact) mass is 219 g/mol. The number of ether oxygens (including phenoxy) is 2. The van der Waals surface area contributed by atoms with Crippen LogP contribution in [0, 0.1) is 0 Å². The van der Waals surface area contributed by atoms with E-state index in [4.69, 9.17) is 15.2 Å². The fourth-order valence-corrected chi connectivity index (χ4v) is 2.36. The van der Waals surface area contributed by atoms with Crippen molar-refractivity contribution in [3.8, 4) is 5.75 Å². The molecule has 0 spiro atoms. The predicted molar refractivity (Wildman–Crippen MR) is 61.6 cm³/mol. The van der Waals surface area contributed by atoms with Crippen LogP contribution in [0.1, 0.15) is 24.3 Å². The second-order valence-electron chi connectivity index (χ2n) is 4.73. The van der Waals surface area contributed by atoms with Crippen LogP contribution in [0.2, 0.25) is 0 Å². The van der Waals surface area contributed by atoms with Crippen molar-refractivity contribution in [1.29, 1.82) is 0 Å². The molecular weight excluding hydrogens is 202 g/mol. The first-order valence-electron chi connectivity index (χ1n) is 5.92. The molecule has 0 bridgehead atoms. The molecule has 1 saturated carbocycles. The summed E-state index contributed by atoms with van der Waals surface area (Å²) in [6, 6.07) is 8.57. The van der Waals surface area contributed by atoms with Crippen molar-refractivity contribution < 1.29 is 9.47 Å². The summed E-state index contributed by atoms with van der Waals surface area (Å²) < 4.78 is 11.4. The van der Waals surface area contributed by atoms with Gasteiger partial charge in [0.15, 0.2) is 0 Å². The van der Waals surface area contributed by atoms with Crippen LogP contribution in [0.4, 0.5) is 0 Å². The van der Waals surface area contributed by atoms with Crippen molar-refractivity contribution in [2.75, 3.05) is 13.2 Å². The van der Waals surface area contributed by atoms with Crippen molar-refractivity contribution in [2.24, 2.45) is 5.73 Å². The zero-order valence-electron chi connectivity index (χ0n) is 9.26. The quantitative estimate of drug-likeness (QED) is 0.841. The van der Waals surface area contributed by atoms with Gasteiger partial charge in [-0.3, -0.25) is 0 Å². The summed E-state index contributed by atoms with van der Waals surface area (Å²) >= 11 is 0. The first kappa shape index (κ1) is 10.1. The van der Waals surface area contributed by atoms with Crippen LogP contribution in [0.3, 0.4) is 0 Å². The van der Waals surface area contributed by atoms with E-state index >= 15 is 0 Å². The van der Waals surface area contributed by atoms with Crippen molar-refractivity contribution in [1.82, 2.24) is 0 Å². The molecule has 1 heterocycles. The smallest absolute Gasteiger partial charge is 0.123 e. The van der Waals surface area contributed by atoms with Gasteiger partial charge in [-0.15, -0.1) is 0 Å². The molecule has 1 aromatic rings. The maximum Gasteiger partial charge on any atom is 0.123 e. The van der Waals surface area contributed by atoms with Crippen LogP contribution in [-0.4, -0.2) is 25.4 Å². The number of benzene rings is 1. The summed E-state index contributed by atoms with van der Waals surface area (Å²) in [5.41, 5.74) is 7.01. The van der Waals surface area contributed by atoms with Crippen LogP contribution in [-0.2, 0) is 4.74 Å². The number of nitrogens with two attached hydrogens (primary N) is 1. The second-order valence-corrected chi connectivity index (χ2v) is 4.73. The summed E-state index contributed by atoms with van der Waals surface area (Å²) in [6.45, 7) is 1.51. The summed E-state index contributed by atoms with van der Waals surface area (Å²) in [4.78, 5) is 0. The molecular formula is C13H17NO2. The SMILES string of the molecule is NC1CC(OCC2COc3ccccc32)C1. The van der Waals surface area contributed by atoms with E-state index in [2.05, 4.69) is 12.1 Å². The Kier molecular flexibility index (Phi) is 2.58. The van der Waals surface area contributed by atoms with Crippen molar-refractivity contribution >= 4 is 0 Å². The minimum absolute atomic E-state index is 0.358. The summed E-state index contributed by atoms with van der Waals surface area (Å²) in [5, 5.41) is 0. The summed E-state index contributed by atoms with van der Waals surface area (Å²) in [5.74, 6) is 1.41. The number of para-hydroxylation sites is 1. The van der Waals surface area contributed by atoms with Crippen LogP contribution >= 0.6 is 0 Å². The maximum absolute atomic E-state index is 5.83. The van der Waals surface area contributed by atoms with Gasteiger partial charge in [0.2, 0.25) is 0 Å². The third kappa shape index (κ3) is 1.81. The molecule has 1 aliphatic heterocycles. The lowest BCUT2D eigenvalue weighted by molar-refractivity contribution is -0.0166. The molecule has 0 amide bonds. The first-order valence-corrected chi connectivity index (χ1v) is 5.92. The maximum atomic E-state index is 5.83. The van der Waals surface area contributed by atoms with E-state index in [1.165, 1.54) is 5.56 Å². The molecule has 1 atom stereocenters. The van der Waals surface area contributed by atoms with E-state index in [9.17, 15) is 0 Å². The lowest BCUT2D eigenvalue weighted by Gasteiger charge is -2.32. The van der Waals surface area contributed by atoms with Gasteiger partial charge in [-0.2, -0.15) is 0 Å². The van der Waals surface area contributed by atoms with Gasteiger partial charge in [-0.05, 0) is 18.9 Å². The highest BCUT2D eigenvalue weighted by molar-refractivity contribution is 5.39. The van der Waals surface area contributed by atoms with Gasteiger partial charge < -0.3 is 15.2 Å². The van der Waals surface area contributed by atoms with E-state index in [1.807, 2.05) is 12.1 Å². The zero-order chi connectivity index (χ0) is 11.0. The van der Waals surface area contributed by atoms with Crippen molar-refractivity contribution in [3.05, 3.63) is 29.8 Å². The molecule has 0 aromatic heterocycles. The van der Waals surface area contributed by atoms with Crippen LogP contribution in [0.15, 0.2) is 24.3 Å². The van der Waals surface area contributed by atoms with Gasteiger partial charge in [0.1, 0.15) is 5.75 Å². The van der Waals surface area contributed by atoms with E-state index in [1.54, 1.807) is 0 Å². The van der Waals surface area contributed by atoms with Gasteiger partial charge in [0.25, 0.3) is 0 Å². The van der Waals surface area contributed by atoms with E-state index in [0.29, 0.717) is 18.1 Å². The highest BCUT2D eigenvalue weighted by Gasteiger charge is 2.29. The molecule has 2 N–H and O–H groups in total. The Hall–Kier alpha value is -1.06. The van der Waals surface area contributed by atoms with Crippen LogP contribution in [0.25, 0.3) is 0 Å². The van der Waals surface area contributed by atoms with Gasteiger partial charge in [-0.25, -0.2) is 0 Å². The average molecular weight is 219 g/mol. The number of fused-ring (bicyclic) bond motifs is 1. The van der Waals surface area contributed by atoms with Gasteiger partial charge in [0.05, 0.1) is 19.3 Å². The largest absolute Gasteiger partial charge is 0.493 e. The molecule has 3 nitrogen and oxygen atoms in total. The normalized spacial score (nSPS) is 31.7. The fourth-order valence-electron chi connectivity index (χ4n) is 2.36. The average Bonchev–Trinajstić information content (AvgIpc) is 2.66. The highest BCUT2D eigenvalue weighted by Crippen LogP contribution is 2.34. The van der Waals surface area contributed by atoms with Gasteiger partial charge in [-0.1, -0.05) is 18.2 Å². The molecule has 1 fully saturated rings. The number of rotatable bonds is 3. The van der Waals surface area contributed by atoms with Crippen molar-refractivity contribution in [3.63, 3.8) is 0 Å². The Morgan fingerprint density at radius 2 is 2.12 bits per heavy atom. The Bertz CT molecular complexity index is 374. The third-order valence-electron chi connectivity index (χ3n) is 3.46. The predicted octanol–water partition coefficient (Wildman–Crippen LogP) is 1.67. The van der Waals surface area contributed by atoms with E-state index < -0.39 is 0 Å². The molecule has 1 aliphatic carbocycles. The van der Waals surface area contributed by atoms with E-state index in [-0.39, 0.29) is 0 Å². The molecule has 3 rings (SSSR count). The molecule has 1 unspecified atom stereocenters. The lowest BCUT2D eigenvalue weighted by Crippen LogP contribution is -2.42.